The van der Waals surface area contributed by atoms with Crippen molar-refractivity contribution in [3.05, 3.63) is 35.4 Å². The Morgan fingerprint density at radius 3 is 2.57 bits per heavy atom. The van der Waals surface area contributed by atoms with Crippen LogP contribution in [0, 0.1) is 0 Å². The fourth-order valence-corrected chi connectivity index (χ4v) is 2.29. The first kappa shape index (κ1) is 17.8. The van der Waals surface area contributed by atoms with Gasteiger partial charge in [0.15, 0.2) is 0 Å². The van der Waals surface area contributed by atoms with Gasteiger partial charge < -0.3 is 10.6 Å². The van der Waals surface area contributed by atoms with Crippen LogP contribution < -0.4 is 10.6 Å². The Bertz CT molecular complexity index is 474. The van der Waals surface area contributed by atoms with Crippen LogP contribution in [-0.2, 0) is 17.4 Å². The third-order valence-corrected chi connectivity index (χ3v) is 3.32. The van der Waals surface area contributed by atoms with Crippen molar-refractivity contribution in [3.63, 3.8) is 0 Å². The van der Waals surface area contributed by atoms with Gasteiger partial charge in [-0.3, -0.25) is 4.79 Å². The average molecular weight is 323 g/mol. The second-order valence-electron chi connectivity index (χ2n) is 4.97. The zero-order valence-electron chi connectivity index (χ0n) is 11.4. The average Bonchev–Trinajstić information content (AvgIpc) is 2.39. The lowest BCUT2D eigenvalue weighted by Gasteiger charge is -2.23. The van der Waals surface area contributed by atoms with Crippen molar-refractivity contribution < 1.29 is 18.0 Å². The molecule has 1 aliphatic heterocycles. The van der Waals surface area contributed by atoms with Crippen LogP contribution in [0.2, 0.25) is 0 Å². The van der Waals surface area contributed by atoms with Crippen molar-refractivity contribution in [2.45, 2.75) is 31.5 Å². The van der Waals surface area contributed by atoms with Gasteiger partial charge in [0.05, 0.1) is 12.0 Å². The maximum Gasteiger partial charge on any atom is 0.416 e. The van der Waals surface area contributed by atoms with E-state index in [1.165, 1.54) is 12.1 Å². The molecule has 3 nitrogen and oxygen atoms in total. The topological polar surface area (TPSA) is 41.1 Å². The monoisotopic (exact) mass is 322 g/mol. The Labute approximate surface area is 127 Å². The third kappa shape index (κ3) is 5.55. The van der Waals surface area contributed by atoms with Gasteiger partial charge in [0.2, 0.25) is 5.91 Å². The number of benzene rings is 1. The van der Waals surface area contributed by atoms with Gasteiger partial charge in [0, 0.05) is 6.04 Å². The first-order chi connectivity index (χ1) is 9.45. The first-order valence-corrected chi connectivity index (χ1v) is 6.61. The Morgan fingerprint density at radius 2 is 1.95 bits per heavy atom. The number of hydrogen-bond acceptors (Lipinski definition) is 2. The van der Waals surface area contributed by atoms with E-state index < -0.39 is 11.7 Å². The zero-order valence-corrected chi connectivity index (χ0v) is 12.2. The quantitative estimate of drug-likeness (QED) is 0.898. The summed E-state index contributed by atoms with van der Waals surface area (Å²) in [5.41, 5.74) is -0.337. The molecule has 0 atom stereocenters. The summed E-state index contributed by atoms with van der Waals surface area (Å²) in [6.07, 6.45) is -2.68. The number of carbonyl (C=O) groups excluding carboxylic acids is 1. The highest BCUT2D eigenvalue weighted by Gasteiger charge is 2.30. The largest absolute Gasteiger partial charge is 0.416 e. The van der Waals surface area contributed by atoms with Crippen molar-refractivity contribution in [1.82, 2.24) is 10.6 Å². The molecule has 7 heteroatoms. The zero-order chi connectivity index (χ0) is 14.6. The molecule has 1 heterocycles. The molecule has 1 aromatic carbocycles. The third-order valence-electron chi connectivity index (χ3n) is 3.32. The van der Waals surface area contributed by atoms with E-state index in [-0.39, 0.29) is 30.8 Å². The van der Waals surface area contributed by atoms with Crippen LogP contribution in [0.5, 0.6) is 0 Å². The smallest absolute Gasteiger partial charge is 0.353 e. The lowest BCUT2D eigenvalue weighted by atomic mass is 10.0. The van der Waals surface area contributed by atoms with Crippen LogP contribution in [0.3, 0.4) is 0 Å². The van der Waals surface area contributed by atoms with Gasteiger partial charge in [-0.05, 0) is 37.6 Å². The van der Waals surface area contributed by atoms with Crippen molar-refractivity contribution in [1.29, 1.82) is 0 Å². The number of amides is 1. The summed E-state index contributed by atoms with van der Waals surface area (Å²) < 4.78 is 37.7. The minimum absolute atomic E-state index is 0. The standard InChI is InChI=1S/C14H17F3N2O.ClH/c15-14(16,17)11-3-1-2-10(8-11)9-13(20)19-12-4-6-18-7-5-12;/h1-3,8,12,18H,4-7,9H2,(H,19,20);1H. The maximum absolute atomic E-state index is 12.6. The van der Waals surface area contributed by atoms with Crippen molar-refractivity contribution >= 4 is 18.3 Å². The van der Waals surface area contributed by atoms with E-state index in [1.807, 2.05) is 0 Å². The second kappa shape index (κ2) is 7.66. The van der Waals surface area contributed by atoms with Gasteiger partial charge in [-0.15, -0.1) is 12.4 Å². The van der Waals surface area contributed by atoms with E-state index in [0.29, 0.717) is 5.56 Å². The number of piperidine rings is 1. The summed E-state index contributed by atoms with van der Waals surface area (Å²) in [6.45, 7) is 1.71. The number of hydrogen-bond donors (Lipinski definition) is 2. The van der Waals surface area contributed by atoms with Crippen LogP contribution in [0.25, 0.3) is 0 Å². The molecule has 118 valence electrons. The second-order valence-corrected chi connectivity index (χ2v) is 4.97. The molecule has 1 aromatic rings. The predicted molar refractivity (Wildman–Crippen MR) is 76.4 cm³/mol. The van der Waals surface area contributed by atoms with Crippen LogP contribution in [0.15, 0.2) is 24.3 Å². The number of nitrogens with one attached hydrogen (secondary N) is 2. The number of carbonyl (C=O) groups is 1. The van der Waals surface area contributed by atoms with E-state index in [4.69, 9.17) is 0 Å². The fraction of sp³-hybridized carbons (Fsp3) is 0.500. The van der Waals surface area contributed by atoms with E-state index in [0.717, 1.165) is 38.1 Å². The van der Waals surface area contributed by atoms with Gasteiger partial charge in [-0.2, -0.15) is 13.2 Å². The van der Waals surface area contributed by atoms with E-state index >= 15 is 0 Å². The fourth-order valence-electron chi connectivity index (χ4n) is 2.29. The maximum atomic E-state index is 12.6. The van der Waals surface area contributed by atoms with E-state index in [9.17, 15) is 18.0 Å². The number of halogens is 4. The predicted octanol–water partition coefficient (Wildman–Crippen LogP) is 2.54. The molecular weight excluding hydrogens is 305 g/mol. The van der Waals surface area contributed by atoms with Crippen LogP contribution in [0.1, 0.15) is 24.0 Å². The Kier molecular flexibility index (Phi) is 6.48. The molecule has 0 bridgehead atoms. The molecule has 1 fully saturated rings. The lowest BCUT2D eigenvalue weighted by molar-refractivity contribution is -0.137. The molecule has 0 aliphatic carbocycles. The molecule has 0 saturated carbocycles. The summed E-state index contributed by atoms with van der Waals surface area (Å²) in [4.78, 5) is 11.8. The van der Waals surface area contributed by atoms with Crippen LogP contribution >= 0.6 is 12.4 Å². The summed E-state index contributed by atoms with van der Waals surface area (Å²) in [5.74, 6) is -0.226. The Balaban J connectivity index is 0.00000220. The minimum Gasteiger partial charge on any atom is -0.353 e. The van der Waals surface area contributed by atoms with Crippen molar-refractivity contribution in [3.8, 4) is 0 Å². The summed E-state index contributed by atoms with van der Waals surface area (Å²) >= 11 is 0. The molecule has 0 aromatic heterocycles. The molecule has 0 spiro atoms. The normalized spacial score (nSPS) is 16.1. The van der Waals surface area contributed by atoms with Gasteiger partial charge in [-0.25, -0.2) is 0 Å². The minimum atomic E-state index is -4.37. The molecule has 1 aliphatic rings. The molecule has 21 heavy (non-hydrogen) atoms. The highest BCUT2D eigenvalue weighted by molar-refractivity contribution is 5.85. The van der Waals surface area contributed by atoms with Crippen molar-refractivity contribution in [2.24, 2.45) is 0 Å². The van der Waals surface area contributed by atoms with Crippen LogP contribution in [0.4, 0.5) is 13.2 Å². The molecule has 2 rings (SSSR count). The van der Waals surface area contributed by atoms with Crippen molar-refractivity contribution in [2.75, 3.05) is 13.1 Å². The molecule has 1 saturated heterocycles. The van der Waals surface area contributed by atoms with Crippen LogP contribution in [-0.4, -0.2) is 25.0 Å². The molecule has 1 amide bonds. The Morgan fingerprint density at radius 1 is 1.29 bits per heavy atom. The SMILES string of the molecule is Cl.O=C(Cc1cccc(C(F)(F)F)c1)NC1CCNCC1. The van der Waals surface area contributed by atoms with E-state index in [1.54, 1.807) is 0 Å². The molecular formula is C14H18ClF3N2O. The van der Waals surface area contributed by atoms with E-state index in [2.05, 4.69) is 10.6 Å². The molecule has 0 radical (unpaired) electrons. The summed E-state index contributed by atoms with van der Waals surface area (Å²) in [7, 11) is 0. The summed E-state index contributed by atoms with van der Waals surface area (Å²) in [6, 6.07) is 5.03. The first-order valence-electron chi connectivity index (χ1n) is 6.61. The molecule has 2 N–H and O–H groups in total. The van der Waals surface area contributed by atoms with Gasteiger partial charge >= 0.3 is 6.18 Å². The highest BCUT2D eigenvalue weighted by atomic mass is 35.5. The van der Waals surface area contributed by atoms with Gasteiger partial charge in [0.1, 0.15) is 0 Å². The van der Waals surface area contributed by atoms with Gasteiger partial charge in [-0.1, -0.05) is 18.2 Å². The van der Waals surface area contributed by atoms with Gasteiger partial charge in [0.25, 0.3) is 0 Å². The molecule has 0 unspecified atom stereocenters. The highest BCUT2D eigenvalue weighted by Crippen LogP contribution is 2.29. The Hall–Kier alpha value is -1.27. The summed E-state index contributed by atoms with van der Waals surface area (Å²) in [5, 5.41) is 6.05. The lowest BCUT2D eigenvalue weighted by Crippen LogP contribution is -2.43. The number of alkyl halides is 3. The number of rotatable bonds is 3.